The van der Waals surface area contributed by atoms with E-state index in [-0.39, 0.29) is 51.5 Å². The summed E-state index contributed by atoms with van der Waals surface area (Å²) in [4.78, 5) is 27.6. The number of aliphatic carboxylic acids is 2. The predicted molar refractivity (Wildman–Crippen MR) is 193 cm³/mol. The Morgan fingerprint density at radius 1 is 0.694 bits per heavy atom. The Morgan fingerprint density at radius 3 is 1.18 bits per heavy atom. The van der Waals surface area contributed by atoms with Crippen LogP contribution in [0.3, 0.4) is 0 Å². The topological polar surface area (TPSA) is 145 Å². The van der Waals surface area contributed by atoms with Gasteiger partial charge in [0.25, 0.3) is 0 Å². The maximum absolute atomic E-state index is 11.0. The summed E-state index contributed by atoms with van der Waals surface area (Å²) in [5.74, 6) is -0.927. The molecule has 1 fully saturated rings. The second kappa shape index (κ2) is 20.5. The van der Waals surface area contributed by atoms with E-state index in [0.29, 0.717) is 11.5 Å². The number of benzene rings is 2. The number of nitrogens with zero attached hydrogens (tertiary/aromatic N) is 2. The van der Waals surface area contributed by atoms with Crippen LogP contribution >= 0.6 is 0 Å². The molecular formula is C40H60CoN2O6. The van der Waals surface area contributed by atoms with Crippen LogP contribution in [0.4, 0.5) is 0 Å². The van der Waals surface area contributed by atoms with Crippen molar-refractivity contribution in [2.24, 2.45) is 20.8 Å². The summed E-state index contributed by atoms with van der Waals surface area (Å²) < 4.78 is 0. The van der Waals surface area contributed by atoms with Crippen molar-refractivity contribution in [1.29, 1.82) is 0 Å². The molecule has 9 heteroatoms. The number of carbonyl (C=O) groups is 2. The standard InChI is InChI=1S/C36H54N2O2.2C2H4O2.Co/c1-23(2)31-17-25(19-35(5,6)7)15-27(33(31)39)21-37-29-11-13-30(14-12-29)38-22-28-16-26(20-36(8,9)10)18-32(24(3)4)34(28)40;2*1-2(3)4;/h15-18,21-24,29-30,39-40H,11-14,19-20H2,1-10H3;2*1H3,(H,3,4);/q;;;+2/p-2. The monoisotopic (exact) mass is 723 g/mol. The molecule has 1 radical (unpaired) electrons. The Hall–Kier alpha value is -3.17. The van der Waals surface area contributed by atoms with Crippen LogP contribution in [0.25, 0.3) is 0 Å². The summed E-state index contributed by atoms with van der Waals surface area (Å²) in [6, 6.07) is 9.03. The molecule has 0 bridgehead atoms. The van der Waals surface area contributed by atoms with Crippen LogP contribution in [0.5, 0.6) is 11.5 Å². The van der Waals surface area contributed by atoms with Gasteiger partial charge in [-0.25, -0.2) is 0 Å². The molecule has 0 unspecified atom stereocenters. The van der Waals surface area contributed by atoms with E-state index < -0.39 is 11.9 Å². The SMILES string of the molecule is CC(=O)[O-].CC(=O)[O-].CC(C)c1cc(CC(C)(C)C)cc(C=NC2CCC(N=Cc3cc(CC(C)(C)C)cc(C(C)C)c3O)CC2)c1O.[Co+2]. The molecule has 275 valence electrons. The molecule has 0 spiro atoms. The Kier molecular flexibility index (Phi) is 19.2. The number of carboxylic acid groups (broad SMARTS) is 2. The van der Waals surface area contributed by atoms with E-state index in [2.05, 4.69) is 93.5 Å². The van der Waals surface area contributed by atoms with Gasteiger partial charge in [-0.1, -0.05) is 81.4 Å². The number of carboxylic acids is 2. The molecule has 2 aromatic carbocycles. The van der Waals surface area contributed by atoms with Gasteiger partial charge in [-0.2, -0.15) is 0 Å². The number of rotatable bonds is 8. The maximum atomic E-state index is 11.0. The van der Waals surface area contributed by atoms with Gasteiger partial charge in [0.2, 0.25) is 0 Å². The fraction of sp³-hybridized carbons (Fsp3) is 0.600. The van der Waals surface area contributed by atoms with E-state index in [4.69, 9.17) is 29.8 Å². The molecule has 3 rings (SSSR count). The summed E-state index contributed by atoms with van der Waals surface area (Å²) in [5, 5.41) is 39.7. The molecule has 2 N–H and O–H groups in total. The van der Waals surface area contributed by atoms with Crippen molar-refractivity contribution in [1.82, 2.24) is 0 Å². The van der Waals surface area contributed by atoms with Gasteiger partial charge in [-0.3, -0.25) is 9.98 Å². The quantitative estimate of drug-likeness (QED) is 0.284. The molecule has 1 aliphatic rings. The van der Waals surface area contributed by atoms with Gasteiger partial charge in [0.15, 0.2) is 0 Å². The van der Waals surface area contributed by atoms with Gasteiger partial charge in [-0.15, -0.1) is 0 Å². The van der Waals surface area contributed by atoms with Crippen LogP contribution in [-0.2, 0) is 39.2 Å². The van der Waals surface area contributed by atoms with Gasteiger partial charge in [0.05, 0.1) is 12.1 Å². The van der Waals surface area contributed by atoms with E-state index in [1.165, 1.54) is 11.1 Å². The molecule has 1 saturated carbocycles. The molecule has 0 aromatic heterocycles. The van der Waals surface area contributed by atoms with Crippen LogP contribution in [0.1, 0.15) is 154 Å². The van der Waals surface area contributed by atoms with Crippen LogP contribution in [0, 0.1) is 10.8 Å². The number of aliphatic imine (C=N–C) groups is 2. The van der Waals surface area contributed by atoms with Gasteiger partial charge in [0, 0.05) is 35.5 Å². The van der Waals surface area contributed by atoms with Crippen molar-refractivity contribution in [3.8, 4) is 11.5 Å². The van der Waals surface area contributed by atoms with Crippen molar-refractivity contribution in [2.45, 2.75) is 146 Å². The molecular weight excluding hydrogens is 663 g/mol. The summed E-state index contributed by atoms with van der Waals surface area (Å²) >= 11 is 0. The third-order valence-corrected chi connectivity index (χ3v) is 7.69. The van der Waals surface area contributed by atoms with Crippen LogP contribution in [-0.4, -0.2) is 46.7 Å². The molecule has 0 saturated heterocycles. The molecule has 0 aliphatic heterocycles. The normalized spacial score (nSPS) is 16.5. The number of carbonyl (C=O) groups excluding carboxylic acids is 2. The van der Waals surface area contributed by atoms with Crippen molar-refractivity contribution in [3.05, 3.63) is 57.6 Å². The van der Waals surface area contributed by atoms with Gasteiger partial charge in [0.1, 0.15) is 11.5 Å². The summed E-state index contributed by atoms with van der Waals surface area (Å²) in [5.41, 5.74) is 6.52. The Bertz CT molecular complexity index is 1290. The Balaban J connectivity index is 0.00000230. The second-order valence-corrected chi connectivity index (χ2v) is 16.0. The minimum absolute atomic E-state index is 0. The van der Waals surface area contributed by atoms with E-state index in [0.717, 1.165) is 74.6 Å². The van der Waals surface area contributed by atoms with E-state index in [9.17, 15) is 10.2 Å². The van der Waals surface area contributed by atoms with Gasteiger partial charge < -0.3 is 30.0 Å². The van der Waals surface area contributed by atoms with Crippen molar-refractivity contribution >= 4 is 24.4 Å². The first-order valence-electron chi connectivity index (χ1n) is 17.1. The number of hydrogen-bond acceptors (Lipinski definition) is 8. The third-order valence-electron chi connectivity index (χ3n) is 7.69. The zero-order valence-corrected chi connectivity index (χ0v) is 32.8. The minimum atomic E-state index is -1.08. The fourth-order valence-corrected chi connectivity index (χ4v) is 5.72. The fourth-order valence-electron chi connectivity index (χ4n) is 5.72. The first-order valence-corrected chi connectivity index (χ1v) is 17.1. The third kappa shape index (κ3) is 18.4. The smallest absolute Gasteiger partial charge is 0.550 e. The molecule has 2 aromatic rings. The summed E-state index contributed by atoms with van der Waals surface area (Å²) in [7, 11) is 0. The van der Waals surface area contributed by atoms with Crippen molar-refractivity contribution in [3.63, 3.8) is 0 Å². The predicted octanol–water partition coefficient (Wildman–Crippen LogP) is 6.88. The number of phenolic OH excluding ortho intramolecular Hbond substituents is 2. The summed E-state index contributed by atoms with van der Waals surface area (Å²) in [6.07, 6.45) is 9.63. The second-order valence-electron chi connectivity index (χ2n) is 16.0. The molecule has 0 atom stereocenters. The molecule has 1 aliphatic carbocycles. The van der Waals surface area contributed by atoms with Gasteiger partial charge in [-0.05, 0) is 109 Å². The average Bonchev–Trinajstić information content (AvgIpc) is 2.91. The average molecular weight is 724 g/mol. The van der Waals surface area contributed by atoms with Crippen molar-refractivity contribution < 1.29 is 46.8 Å². The minimum Gasteiger partial charge on any atom is -0.550 e. The number of aromatic hydroxyl groups is 2. The Labute approximate surface area is 305 Å². The van der Waals surface area contributed by atoms with E-state index in [1.54, 1.807) is 0 Å². The Morgan fingerprint density at radius 2 is 0.959 bits per heavy atom. The molecule has 49 heavy (non-hydrogen) atoms. The zero-order chi connectivity index (χ0) is 37.0. The van der Waals surface area contributed by atoms with Gasteiger partial charge >= 0.3 is 16.8 Å². The molecule has 0 heterocycles. The molecule has 0 amide bonds. The first-order chi connectivity index (χ1) is 22.0. The largest absolute Gasteiger partial charge is 2.00 e. The first kappa shape index (κ1) is 45.8. The maximum Gasteiger partial charge on any atom is 2.00 e. The van der Waals surface area contributed by atoms with E-state index in [1.807, 2.05) is 12.4 Å². The van der Waals surface area contributed by atoms with Crippen LogP contribution < -0.4 is 10.2 Å². The molecule has 8 nitrogen and oxygen atoms in total. The van der Waals surface area contributed by atoms with Crippen molar-refractivity contribution in [2.75, 3.05) is 0 Å². The zero-order valence-electron chi connectivity index (χ0n) is 31.8. The summed E-state index contributed by atoms with van der Waals surface area (Å²) in [6.45, 7) is 23.9. The van der Waals surface area contributed by atoms with Crippen LogP contribution in [0.2, 0.25) is 0 Å². The number of phenols is 2. The van der Waals surface area contributed by atoms with E-state index >= 15 is 0 Å². The van der Waals surface area contributed by atoms with Crippen LogP contribution in [0.15, 0.2) is 34.3 Å². The number of hydrogen-bond donors (Lipinski definition) is 2.